The predicted octanol–water partition coefficient (Wildman–Crippen LogP) is 2.59. The topological polar surface area (TPSA) is 79.5 Å². The van der Waals surface area contributed by atoms with E-state index in [0.717, 1.165) is 5.56 Å². The minimum Gasteiger partial charge on any atom is -0.478 e. The van der Waals surface area contributed by atoms with Crippen molar-refractivity contribution in [2.75, 3.05) is 0 Å². The number of furan rings is 1. The van der Waals surface area contributed by atoms with Crippen LogP contribution in [-0.4, -0.2) is 17.0 Å². The van der Waals surface area contributed by atoms with Crippen molar-refractivity contribution < 1.29 is 19.1 Å². The van der Waals surface area contributed by atoms with Crippen LogP contribution in [0, 0.1) is 13.8 Å². The average molecular weight is 279 g/mol. The fraction of sp³-hybridized carbons (Fsp3) is 0.231. The third-order valence-electron chi connectivity index (χ3n) is 2.69. The highest BCUT2D eigenvalue weighted by molar-refractivity contribution is 7.12. The number of carboxylic acids is 1. The molecule has 1 amide bonds. The molecule has 5 nitrogen and oxygen atoms in total. The van der Waals surface area contributed by atoms with Gasteiger partial charge in [-0.2, -0.15) is 0 Å². The summed E-state index contributed by atoms with van der Waals surface area (Å²) in [5.74, 6) is -0.451. The maximum atomic E-state index is 11.9. The predicted molar refractivity (Wildman–Crippen MR) is 70.6 cm³/mol. The van der Waals surface area contributed by atoms with Gasteiger partial charge in [-0.05, 0) is 36.9 Å². The van der Waals surface area contributed by atoms with E-state index < -0.39 is 5.97 Å². The number of rotatable bonds is 4. The van der Waals surface area contributed by atoms with Gasteiger partial charge in [0.05, 0.1) is 11.4 Å². The molecule has 0 atom stereocenters. The zero-order valence-corrected chi connectivity index (χ0v) is 11.3. The summed E-state index contributed by atoms with van der Waals surface area (Å²) in [5, 5.41) is 13.5. The Hall–Kier alpha value is -2.08. The number of hydrogen-bond acceptors (Lipinski definition) is 4. The van der Waals surface area contributed by atoms with Crippen molar-refractivity contribution in [3.8, 4) is 0 Å². The van der Waals surface area contributed by atoms with Crippen LogP contribution in [0.25, 0.3) is 0 Å². The van der Waals surface area contributed by atoms with Gasteiger partial charge in [0.25, 0.3) is 5.91 Å². The van der Waals surface area contributed by atoms with Gasteiger partial charge in [0.2, 0.25) is 0 Å². The van der Waals surface area contributed by atoms with E-state index in [0.29, 0.717) is 16.4 Å². The largest absolute Gasteiger partial charge is 0.478 e. The quantitative estimate of drug-likeness (QED) is 0.901. The molecule has 6 heteroatoms. The molecular formula is C13H13NO4S. The first-order chi connectivity index (χ1) is 8.99. The van der Waals surface area contributed by atoms with Gasteiger partial charge in [-0.3, -0.25) is 4.79 Å². The summed E-state index contributed by atoms with van der Waals surface area (Å²) in [4.78, 5) is 23.4. The molecule has 0 saturated heterocycles. The van der Waals surface area contributed by atoms with Crippen LogP contribution in [-0.2, 0) is 6.54 Å². The molecule has 0 spiro atoms. The van der Waals surface area contributed by atoms with Gasteiger partial charge in [-0.1, -0.05) is 0 Å². The first-order valence-electron chi connectivity index (χ1n) is 5.64. The number of thiophene rings is 1. The molecule has 2 N–H and O–H groups in total. The lowest BCUT2D eigenvalue weighted by molar-refractivity contribution is 0.0694. The summed E-state index contributed by atoms with van der Waals surface area (Å²) in [7, 11) is 0. The Morgan fingerprint density at radius 1 is 1.42 bits per heavy atom. The molecule has 2 rings (SSSR count). The molecule has 0 saturated carbocycles. The molecule has 2 heterocycles. The Bertz CT molecular complexity index is 626. The van der Waals surface area contributed by atoms with E-state index in [4.69, 9.17) is 9.52 Å². The zero-order valence-electron chi connectivity index (χ0n) is 10.5. The summed E-state index contributed by atoms with van der Waals surface area (Å²) >= 11 is 1.37. The Morgan fingerprint density at radius 2 is 2.16 bits per heavy atom. The van der Waals surface area contributed by atoms with Crippen LogP contribution in [0.15, 0.2) is 21.9 Å². The number of aromatic carboxylic acids is 1. The molecule has 0 aromatic carbocycles. The number of carboxylic acid groups (broad SMARTS) is 1. The molecule has 0 aliphatic heterocycles. The standard InChI is InChI=1S/C13H13NO4S/c1-7-3-4-19-11(7)12(15)14-6-9-5-10(13(16)17)8(2)18-9/h3-5H,6H2,1-2H3,(H,14,15)(H,16,17). The highest BCUT2D eigenvalue weighted by Crippen LogP contribution is 2.17. The van der Waals surface area contributed by atoms with E-state index in [9.17, 15) is 9.59 Å². The molecule has 100 valence electrons. The number of aryl methyl sites for hydroxylation is 2. The normalized spacial score (nSPS) is 10.4. The van der Waals surface area contributed by atoms with Crippen LogP contribution in [0.2, 0.25) is 0 Å². The van der Waals surface area contributed by atoms with Gasteiger partial charge in [0.15, 0.2) is 0 Å². The van der Waals surface area contributed by atoms with Gasteiger partial charge in [-0.25, -0.2) is 4.79 Å². The molecule has 0 fully saturated rings. The Labute approximate surface area is 113 Å². The number of nitrogens with one attached hydrogen (secondary N) is 1. The van der Waals surface area contributed by atoms with E-state index in [-0.39, 0.29) is 18.0 Å². The van der Waals surface area contributed by atoms with Crippen molar-refractivity contribution >= 4 is 23.2 Å². The van der Waals surface area contributed by atoms with Gasteiger partial charge < -0.3 is 14.8 Å². The highest BCUT2D eigenvalue weighted by Gasteiger charge is 2.15. The number of carbonyl (C=O) groups is 2. The molecule has 0 aliphatic rings. The van der Waals surface area contributed by atoms with Crippen molar-refractivity contribution in [3.05, 3.63) is 45.0 Å². The van der Waals surface area contributed by atoms with Crippen molar-refractivity contribution in [1.29, 1.82) is 0 Å². The fourth-order valence-corrected chi connectivity index (χ4v) is 2.54. The average Bonchev–Trinajstić information content (AvgIpc) is 2.92. The second-order valence-corrected chi connectivity index (χ2v) is 5.02. The van der Waals surface area contributed by atoms with Crippen LogP contribution in [0.3, 0.4) is 0 Å². The van der Waals surface area contributed by atoms with Gasteiger partial charge in [-0.15, -0.1) is 11.3 Å². The van der Waals surface area contributed by atoms with Crippen LogP contribution >= 0.6 is 11.3 Å². The first kappa shape index (κ1) is 13.4. The van der Waals surface area contributed by atoms with Crippen molar-refractivity contribution in [2.45, 2.75) is 20.4 Å². The summed E-state index contributed by atoms with van der Waals surface area (Å²) < 4.78 is 5.28. The summed E-state index contributed by atoms with van der Waals surface area (Å²) in [5.41, 5.74) is 1.04. The molecule has 0 radical (unpaired) electrons. The van der Waals surface area contributed by atoms with Crippen molar-refractivity contribution in [2.24, 2.45) is 0 Å². The molecule has 2 aromatic heterocycles. The van der Waals surface area contributed by atoms with Crippen molar-refractivity contribution in [1.82, 2.24) is 5.32 Å². The lowest BCUT2D eigenvalue weighted by Crippen LogP contribution is -2.22. The van der Waals surface area contributed by atoms with E-state index >= 15 is 0 Å². The van der Waals surface area contributed by atoms with Crippen molar-refractivity contribution in [3.63, 3.8) is 0 Å². The minimum absolute atomic E-state index is 0.122. The maximum absolute atomic E-state index is 11.9. The summed E-state index contributed by atoms with van der Waals surface area (Å²) in [6.07, 6.45) is 0. The van der Waals surface area contributed by atoms with Gasteiger partial charge in [0.1, 0.15) is 17.1 Å². The lowest BCUT2D eigenvalue weighted by Gasteiger charge is -2.01. The third kappa shape index (κ3) is 2.85. The number of amides is 1. The van der Waals surface area contributed by atoms with Crippen LogP contribution in [0.5, 0.6) is 0 Å². The monoisotopic (exact) mass is 279 g/mol. The number of carbonyl (C=O) groups excluding carboxylic acids is 1. The Balaban J connectivity index is 2.03. The number of hydrogen-bond donors (Lipinski definition) is 2. The van der Waals surface area contributed by atoms with E-state index in [1.54, 1.807) is 6.92 Å². The molecule has 0 aliphatic carbocycles. The van der Waals surface area contributed by atoms with E-state index in [2.05, 4.69) is 5.32 Å². The Morgan fingerprint density at radius 3 is 2.68 bits per heavy atom. The zero-order chi connectivity index (χ0) is 14.0. The van der Waals surface area contributed by atoms with Gasteiger partial charge >= 0.3 is 5.97 Å². The van der Waals surface area contributed by atoms with Crippen LogP contribution < -0.4 is 5.32 Å². The highest BCUT2D eigenvalue weighted by atomic mass is 32.1. The lowest BCUT2D eigenvalue weighted by atomic mass is 10.2. The second-order valence-electron chi connectivity index (χ2n) is 4.10. The summed E-state index contributed by atoms with van der Waals surface area (Å²) in [6, 6.07) is 3.30. The Kier molecular flexibility index (Phi) is 3.71. The third-order valence-corrected chi connectivity index (χ3v) is 3.71. The smallest absolute Gasteiger partial charge is 0.339 e. The minimum atomic E-state index is -1.03. The molecular weight excluding hydrogens is 266 g/mol. The molecule has 0 unspecified atom stereocenters. The maximum Gasteiger partial charge on any atom is 0.339 e. The fourth-order valence-electron chi connectivity index (χ4n) is 1.70. The summed E-state index contributed by atoms with van der Waals surface area (Å²) in [6.45, 7) is 3.62. The van der Waals surface area contributed by atoms with Crippen LogP contribution in [0.4, 0.5) is 0 Å². The second kappa shape index (κ2) is 5.27. The van der Waals surface area contributed by atoms with Crippen LogP contribution in [0.1, 0.15) is 37.1 Å². The first-order valence-corrected chi connectivity index (χ1v) is 6.52. The van der Waals surface area contributed by atoms with E-state index in [1.165, 1.54) is 17.4 Å². The molecule has 0 bridgehead atoms. The SMILES string of the molecule is Cc1ccsc1C(=O)NCc1cc(C(=O)O)c(C)o1. The van der Waals surface area contributed by atoms with Gasteiger partial charge in [0, 0.05) is 0 Å². The van der Waals surface area contributed by atoms with E-state index in [1.807, 2.05) is 18.4 Å². The molecule has 19 heavy (non-hydrogen) atoms. The molecule has 2 aromatic rings.